The number of hydrogen-bond donors (Lipinski definition) is 1. The molecular formula is C16H17N3O. The molecule has 2 unspecified atom stereocenters. The van der Waals surface area contributed by atoms with Gasteiger partial charge in [-0.25, -0.2) is 4.79 Å². The first kappa shape index (κ1) is 12.7. The van der Waals surface area contributed by atoms with Crippen molar-refractivity contribution in [3.8, 4) is 12.3 Å². The van der Waals surface area contributed by atoms with Crippen molar-refractivity contribution in [2.24, 2.45) is 10.7 Å². The Balaban J connectivity index is 1.98. The number of hydrogen-bond acceptors (Lipinski definition) is 2. The molecule has 0 spiro atoms. The fourth-order valence-corrected chi connectivity index (χ4v) is 2.68. The molecule has 0 saturated heterocycles. The first-order valence-corrected chi connectivity index (χ1v) is 6.84. The normalized spacial score (nSPS) is 23.4. The van der Waals surface area contributed by atoms with Crippen LogP contribution in [0, 0.1) is 12.3 Å². The summed E-state index contributed by atoms with van der Waals surface area (Å²) in [6.07, 6.45) is 7.93. The molecule has 0 radical (unpaired) electrons. The van der Waals surface area contributed by atoms with Gasteiger partial charge in [-0.1, -0.05) is 30.2 Å². The van der Waals surface area contributed by atoms with Gasteiger partial charge in [0.2, 0.25) is 0 Å². The fraction of sp³-hybridized carbons (Fsp3) is 0.375. The molecule has 1 heterocycles. The average Bonchev–Trinajstić information content (AvgIpc) is 3.24. The molecule has 3 rings (SSSR count). The number of benzene rings is 1. The molecule has 0 bridgehead atoms. The van der Waals surface area contributed by atoms with Crippen LogP contribution in [-0.4, -0.2) is 22.8 Å². The van der Waals surface area contributed by atoms with E-state index in [0.29, 0.717) is 11.8 Å². The lowest BCUT2D eigenvalue weighted by atomic mass is 9.99. The fourth-order valence-electron chi connectivity index (χ4n) is 2.68. The van der Waals surface area contributed by atoms with Crippen molar-refractivity contribution in [3.63, 3.8) is 0 Å². The van der Waals surface area contributed by atoms with Crippen LogP contribution in [0.1, 0.15) is 42.9 Å². The molecule has 1 saturated carbocycles. The number of urea groups is 1. The lowest BCUT2D eigenvalue weighted by molar-refractivity contribution is 0.199. The Morgan fingerprint density at radius 1 is 1.45 bits per heavy atom. The average molecular weight is 267 g/mol. The molecule has 4 nitrogen and oxygen atoms in total. The Morgan fingerprint density at radius 3 is 2.80 bits per heavy atom. The minimum Gasteiger partial charge on any atom is -0.385 e. The lowest BCUT2D eigenvalue weighted by Crippen LogP contribution is -2.39. The van der Waals surface area contributed by atoms with Crippen molar-refractivity contribution < 1.29 is 4.79 Å². The largest absolute Gasteiger partial charge is 0.385 e. The summed E-state index contributed by atoms with van der Waals surface area (Å²) in [5.74, 6) is 3.56. The van der Waals surface area contributed by atoms with E-state index in [0.717, 1.165) is 5.56 Å². The van der Waals surface area contributed by atoms with E-state index >= 15 is 0 Å². The first-order valence-electron chi connectivity index (χ1n) is 6.84. The van der Waals surface area contributed by atoms with Crippen LogP contribution >= 0.6 is 0 Å². The van der Waals surface area contributed by atoms with Crippen molar-refractivity contribution in [2.45, 2.75) is 37.8 Å². The van der Waals surface area contributed by atoms with Gasteiger partial charge in [0.15, 0.2) is 0 Å². The number of rotatable bonds is 3. The number of terminal acetylenes is 1. The molecule has 1 fully saturated rings. The third kappa shape index (κ3) is 2.05. The van der Waals surface area contributed by atoms with E-state index in [1.165, 1.54) is 18.4 Å². The second kappa shape index (κ2) is 4.68. The summed E-state index contributed by atoms with van der Waals surface area (Å²) in [7, 11) is 0. The van der Waals surface area contributed by atoms with Crippen LogP contribution in [0.15, 0.2) is 29.3 Å². The third-order valence-electron chi connectivity index (χ3n) is 3.94. The van der Waals surface area contributed by atoms with Crippen LogP contribution in [-0.2, 0) is 0 Å². The van der Waals surface area contributed by atoms with E-state index < -0.39 is 0 Å². The highest BCUT2D eigenvalue weighted by Gasteiger charge is 2.37. The number of carbonyl (C=O) groups excluding carboxylic acids is 1. The Hall–Kier alpha value is -2.28. The summed E-state index contributed by atoms with van der Waals surface area (Å²) >= 11 is 0. The van der Waals surface area contributed by atoms with Crippen LogP contribution in [0.3, 0.4) is 0 Å². The Bertz CT molecular complexity index is 625. The SMILES string of the molecule is C#CC(C)N1C(=O)N=C(N)C1c1cccc(C2CC2)c1. The van der Waals surface area contributed by atoms with Crippen molar-refractivity contribution >= 4 is 11.9 Å². The Morgan fingerprint density at radius 2 is 2.15 bits per heavy atom. The molecule has 1 aliphatic heterocycles. The third-order valence-corrected chi connectivity index (χ3v) is 3.94. The van der Waals surface area contributed by atoms with Crippen LogP contribution in [0.4, 0.5) is 4.79 Å². The molecule has 1 aromatic rings. The highest BCUT2D eigenvalue weighted by molar-refractivity contribution is 6.03. The van der Waals surface area contributed by atoms with Gasteiger partial charge in [-0.2, -0.15) is 4.99 Å². The van der Waals surface area contributed by atoms with E-state index in [-0.39, 0.29) is 18.1 Å². The summed E-state index contributed by atoms with van der Waals surface area (Å²) in [5.41, 5.74) is 8.24. The van der Waals surface area contributed by atoms with Gasteiger partial charge in [0.05, 0.1) is 6.04 Å². The summed E-state index contributed by atoms with van der Waals surface area (Å²) < 4.78 is 0. The van der Waals surface area contributed by atoms with E-state index in [4.69, 9.17) is 12.2 Å². The van der Waals surface area contributed by atoms with Gasteiger partial charge >= 0.3 is 6.03 Å². The molecule has 2 N–H and O–H groups in total. The second-order valence-corrected chi connectivity index (χ2v) is 5.42. The molecule has 2 atom stereocenters. The van der Waals surface area contributed by atoms with E-state index in [2.05, 4.69) is 23.0 Å². The minimum atomic E-state index is -0.352. The number of nitrogens with zero attached hydrogens (tertiary/aromatic N) is 2. The predicted molar refractivity (Wildman–Crippen MR) is 78.3 cm³/mol. The van der Waals surface area contributed by atoms with Gasteiger partial charge < -0.3 is 5.73 Å². The van der Waals surface area contributed by atoms with Gasteiger partial charge in [0.1, 0.15) is 11.9 Å². The van der Waals surface area contributed by atoms with E-state index in [1.807, 2.05) is 19.1 Å². The Labute approximate surface area is 118 Å². The van der Waals surface area contributed by atoms with Gasteiger partial charge in [-0.15, -0.1) is 6.42 Å². The topological polar surface area (TPSA) is 58.7 Å². The van der Waals surface area contributed by atoms with Crippen LogP contribution < -0.4 is 5.73 Å². The molecular weight excluding hydrogens is 250 g/mol. The minimum absolute atomic E-state index is 0.324. The maximum Gasteiger partial charge on any atom is 0.347 e. The second-order valence-electron chi connectivity index (χ2n) is 5.42. The van der Waals surface area contributed by atoms with Gasteiger partial charge in [-0.3, -0.25) is 4.90 Å². The number of nitrogens with two attached hydrogens (primary N) is 1. The predicted octanol–water partition coefficient (Wildman–Crippen LogP) is 2.42. The van der Waals surface area contributed by atoms with Crippen molar-refractivity contribution in [2.75, 3.05) is 0 Å². The van der Waals surface area contributed by atoms with Gasteiger partial charge in [0.25, 0.3) is 0 Å². The first-order chi connectivity index (χ1) is 9.61. The maximum atomic E-state index is 12.0. The summed E-state index contributed by atoms with van der Waals surface area (Å²) in [6.45, 7) is 1.81. The van der Waals surface area contributed by atoms with Gasteiger partial charge in [-0.05, 0) is 36.8 Å². The van der Waals surface area contributed by atoms with Crippen molar-refractivity contribution in [1.29, 1.82) is 0 Å². The summed E-state index contributed by atoms with van der Waals surface area (Å²) in [6, 6.07) is 7.22. The molecule has 1 aliphatic carbocycles. The van der Waals surface area contributed by atoms with Crippen LogP contribution in [0.25, 0.3) is 0 Å². The zero-order chi connectivity index (χ0) is 14.3. The number of amidine groups is 1. The molecule has 0 aromatic heterocycles. The maximum absolute atomic E-state index is 12.0. The molecule has 102 valence electrons. The molecule has 2 amide bonds. The highest BCUT2D eigenvalue weighted by atomic mass is 16.2. The van der Waals surface area contributed by atoms with Crippen LogP contribution in [0.5, 0.6) is 0 Å². The summed E-state index contributed by atoms with van der Waals surface area (Å²) in [4.78, 5) is 17.4. The standard InChI is InChI=1S/C16H17N3O/c1-3-10(2)19-14(15(17)18-16(19)20)13-6-4-5-12(9-13)11-7-8-11/h1,4-6,9-11,14H,7-8H2,2H3,(H2,17,18,20). The summed E-state index contributed by atoms with van der Waals surface area (Å²) in [5, 5.41) is 0. The smallest absolute Gasteiger partial charge is 0.347 e. The van der Waals surface area contributed by atoms with Crippen LogP contribution in [0.2, 0.25) is 0 Å². The van der Waals surface area contributed by atoms with Crippen molar-refractivity contribution in [1.82, 2.24) is 4.90 Å². The molecule has 1 aromatic carbocycles. The number of aliphatic imine (C=N–C) groups is 1. The van der Waals surface area contributed by atoms with E-state index in [1.54, 1.807) is 4.90 Å². The number of carbonyl (C=O) groups is 1. The molecule has 20 heavy (non-hydrogen) atoms. The highest BCUT2D eigenvalue weighted by Crippen LogP contribution is 2.41. The zero-order valence-corrected chi connectivity index (χ0v) is 11.4. The van der Waals surface area contributed by atoms with E-state index in [9.17, 15) is 4.79 Å². The van der Waals surface area contributed by atoms with Crippen molar-refractivity contribution in [3.05, 3.63) is 35.4 Å². The number of amides is 2. The Kier molecular flexibility index (Phi) is 2.98. The monoisotopic (exact) mass is 267 g/mol. The lowest BCUT2D eigenvalue weighted by Gasteiger charge is -2.27. The quantitative estimate of drug-likeness (QED) is 0.855. The molecule has 2 aliphatic rings. The van der Waals surface area contributed by atoms with Gasteiger partial charge in [0, 0.05) is 0 Å². The molecule has 4 heteroatoms. The zero-order valence-electron chi connectivity index (χ0n) is 11.4.